The Morgan fingerprint density at radius 1 is 1.24 bits per heavy atom. The highest BCUT2D eigenvalue weighted by molar-refractivity contribution is 7.92. The molecular weight excluding hydrogens is 319 g/mol. The summed E-state index contributed by atoms with van der Waals surface area (Å²) in [5, 5.41) is 0.124. The third kappa shape index (κ3) is 3.37. The van der Waals surface area contributed by atoms with Gasteiger partial charge in [0.15, 0.2) is 11.6 Å². The number of nitrogen functional groups attached to an aromatic ring is 1. The molecule has 2 rings (SSSR count). The molecule has 0 saturated carbocycles. The lowest BCUT2D eigenvalue weighted by Crippen LogP contribution is -2.13. The minimum Gasteiger partial charge on any atom is -0.494 e. The molecule has 0 saturated heterocycles. The van der Waals surface area contributed by atoms with E-state index in [1.165, 1.54) is 37.4 Å². The molecule has 0 aliphatic carbocycles. The van der Waals surface area contributed by atoms with Gasteiger partial charge in [0.05, 0.1) is 28.4 Å². The van der Waals surface area contributed by atoms with Crippen molar-refractivity contribution < 1.29 is 17.5 Å². The summed E-state index contributed by atoms with van der Waals surface area (Å²) in [5.74, 6) is -0.651. The van der Waals surface area contributed by atoms with Crippen molar-refractivity contribution in [1.29, 1.82) is 0 Å². The summed E-state index contributed by atoms with van der Waals surface area (Å²) in [6, 6.07) is 7.64. The summed E-state index contributed by atoms with van der Waals surface area (Å²) in [5.41, 5.74) is 5.87. The Morgan fingerprint density at radius 2 is 1.95 bits per heavy atom. The molecule has 0 radical (unpaired) electrons. The van der Waals surface area contributed by atoms with E-state index in [-0.39, 0.29) is 27.0 Å². The van der Waals surface area contributed by atoms with Gasteiger partial charge < -0.3 is 10.5 Å². The second kappa shape index (κ2) is 5.79. The summed E-state index contributed by atoms with van der Waals surface area (Å²) in [6.45, 7) is 0. The SMILES string of the molecule is COc1ccc(NS(=O)(=O)c2ccc(N)c(Cl)c2)cc1F. The molecule has 0 fully saturated rings. The average Bonchev–Trinajstić information content (AvgIpc) is 2.41. The first-order valence-corrected chi connectivity index (χ1v) is 7.61. The fourth-order valence-electron chi connectivity index (χ4n) is 1.62. The fraction of sp³-hybridized carbons (Fsp3) is 0.0769. The van der Waals surface area contributed by atoms with Crippen LogP contribution in [0.25, 0.3) is 0 Å². The van der Waals surface area contributed by atoms with Gasteiger partial charge in [-0.05, 0) is 30.3 Å². The lowest BCUT2D eigenvalue weighted by Gasteiger charge is -2.10. The van der Waals surface area contributed by atoms with Gasteiger partial charge in [0.2, 0.25) is 0 Å². The van der Waals surface area contributed by atoms with E-state index in [0.717, 1.165) is 6.07 Å². The first-order chi connectivity index (χ1) is 9.83. The topological polar surface area (TPSA) is 81.4 Å². The Balaban J connectivity index is 2.32. The van der Waals surface area contributed by atoms with Gasteiger partial charge in [-0.15, -0.1) is 0 Å². The van der Waals surface area contributed by atoms with Gasteiger partial charge in [-0.1, -0.05) is 11.6 Å². The van der Waals surface area contributed by atoms with Crippen LogP contribution < -0.4 is 15.2 Å². The summed E-state index contributed by atoms with van der Waals surface area (Å²) in [7, 11) is -2.57. The van der Waals surface area contributed by atoms with E-state index in [0.29, 0.717) is 0 Å². The Bertz CT molecular complexity index is 781. The molecule has 0 heterocycles. The maximum atomic E-state index is 13.5. The van der Waals surface area contributed by atoms with Crippen LogP contribution in [0.4, 0.5) is 15.8 Å². The Labute approximate surface area is 126 Å². The molecule has 0 aliphatic rings. The van der Waals surface area contributed by atoms with Crippen LogP contribution in [0, 0.1) is 5.82 Å². The predicted molar refractivity (Wildman–Crippen MR) is 79.6 cm³/mol. The van der Waals surface area contributed by atoms with Gasteiger partial charge in [0.25, 0.3) is 10.0 Å². The van der Waals surface area contributed by atoms with E-state index in [1.807, 2.05) is 0 Å². The summed E-state index contributed by atoms with van der Waals surface area (Å²) in [6.07, 6.45) is 0. The van der Waals surface area contributed by atoms with Crippen LogP contribution in [-0.4, -0.2) is 15.5 Å². The Morgan fingerprint density at radius 3 is 2.52 bits per heavy atom. The molecule has 0 amide bonds. The third-order valence-electron chi connectivity index (χ3n) is 2.69. The molecule has 0 aromatic heterocycles. The first-order valence-electron chi connectivity index (χ1n) is 5.75. The molecule has 2 aromatic carbocycles. The van der Waals surface area contributed by atoms with Crippen molar-refractivity contribution >= 4 is 33.0 Å². The number of halogens is 2. The molecule has 2 aromatic rings. The number of nitrogens with one attached hydrogen (secondary N) is 1. The molecule has 5 nitrogen and oxygen atoms in total. The van der Waals surface area contributed by atoms with Crippen LogP contribution in [0.5, 0.6) is 5.75 Å². The highest BCUT2D eigenvalue weighted by Crippen LogP contribution is 2.26. The minimum atomic E-state index is -3.89. The molecule has 3 N–H and O–H groups in total. The molecule has 0 bridgehead atoms. The van der Waals surface area contributed by atoms with Gasteiger partial charge in [-0.2, -0.15) is 0 Å². The van der Waals surface area contributed by atoms with Gasteiger partial charge in [-0.25, -0.2) is 12.8 Å². The van der Waals surface area contributed by atoms with Crippen molar-refractivity contribution in [2.24, 2.45) is 0 Å². The van der Waals surface area contributed by atoms with Crippen molar-refractivity contribution in [3.8, 4) is 5.75 Å². The van der Waals surface area contributed by atoms with Gasteiger partial charge >= 0.3 is 0 Å². The lowest BCUT2D eigenvalue weighted by molar-refractivity contribution is 0.386. The van der Waals surface area contributed by atoms with Gasteiger partial charge in [-0.3, -0.25) is 4.72 Å². The van der Waals surface area contributed by atoms with Crippen molar-refractivity contribution in [2.45, 2.75) is 4.90 Å². The van der Waals surface area contributed by atoms with Crippen LogP contribution in [-0.2, 0) is 10.0 Å². The van der Waals surface area contributed by atoms with Gasteiger partial charge in [0.1, 0.15) is 0 Å². The maximum absolute atomic E-state index is 13.5. The zero-order valence-corrected chi connectivity index (χ0v) is 12.5. The summed E-state index contributed by atoms with van der Waals surface area (Å²) in [4.78, 5) is -0.0714. The Hall–Kier alpha value is -1.99. The van der Waals surface area contributed by atoms with Crippen molar-refractivity contribution in [2.75, 3.05) is 17.6 Å². The maximum Gasteiger partial charge on any atom is 0.261 e. The smallest absolute Gasteiger partial charge is 0.261 e. The van der Waals surface area contributed by atoms with Crippen LogP contribution in [0.2, 0.25) is 5.02 Å². The number of ether oxygens (including phenoxy) is 1. The second-order valence-corrected chi connectivity index (χ2v) is 6.23. The lowest BCUT2D eigenvalue weighted by atomic mass is 10.3. The zero-order chi connectivity index (χ0) is 15.6. The normalized spacial score (nSPS) is 11.2. The Kier molecular flexibility index (Phi) is 4.24. The third-order valence-corrected chi connectivity index (χ3v) is 4.39. The number of benzene rings is 2. The van der Waals surface area contributed by atoms with E-state index in [9.17, 15) is 12.8 Å². The highest BCUT2D eigenvalue weighted by Gasteiger charge is 2.16. The van der Waals surface area contributed by atoms with Crippen LogP contribution in [0.3, 0.4) is 0 Å². The van der Waals surface area contributed by atoms with Crippen LogP contribution in [0.15, 0.2) is 41.3 Å². The molecule has 21 heavy (non-hydrogen) atoms. The molecule has 0 aliphatic heterocycles. The molecule has 112 valence electrons. The van der Waals surface area contributed by atoms with Gasteiger partial charge in [0, 0.05) is 6.07 Å². The van der Waals surface area contributed by atoms with E-state index < -0.39 is 15.8 Å². The zero-order valence-electron chi connectivity index (χ0n) is 10.9. The number of anilines is 2. The quantitative estimate of drug-likeness (QED) is 0.845. The van der Waals surface area contributed by atoms with Crippen LogP contribution in [0.1, 0.15) is 0 Å². The average molecular weight is 331 g/mol. The number of hydrogen-bond donors (Lipinski definition) is 2. The molecule has 0 atom stereocenters. The summed E-state index contributed by atoms with van der Waals surface area (Å²) >= 11 is 5.79. The largest absolute Gasteiger partial charge is 0.494 e. The van der Waals surface area contributed by atoms with Crippen LogP contribution >= 0.6 is 11.6 Å². The van der Waals surface area contributed by atoms with E-state index in [1.54, 1.807) is 0 Å². The van der Waals surface area contributed by atoms with Crippen molar-refractivity contribution in [1.82, 2.24) is 0 Å². The molecule has 8 heteroatoms. The number of hydrogen-bond acceptors (Lipinski definition) is 4. The molecule has 0 spiro atoms. The van der Waals surface area contributed by atoms with E-state index in [4.69, 9.17) is 22.1 Å². The fourth-order valence-corrected chi connectivity index (χ4v) is 2.94. The molecular formula is C13H12ClFN2O3S. The predicted octanol–water partition coefficient (Wildman–Crippen LogP) is 2.87. The van der Waals surface area contributed by atoms with E-state index in [2.05, 4.69) is 4.72 Å². The summed E-state index contributed by atoms with van der Waals surface area (Å²) < 4.78 is 44.9. The monoisotopic (exact) mass is 330 g/mol. The molecule has 0 unspecified atom stereocenters. The van der Waals surface area contributed by atoms with E-state index >= 15 is 0 Å². The second-order valence-electron chi connectivity index (χ2n) is 4.14. The number of methoxy groups -OCH3 is 1. The number of sulfonamides is 1. The minimum absolute atomic E-state index is 0.0217. The number of rotatable bonds is 4. The first kappa shape index (κ1) is 15.4. The highest BCUT2D eigenvalue weighted by atomic mass is 35.5. The standard InChI is InChI=1S/C13H12ClFN2O3S/c1-20-13-5-2-8(6-11(13)15)17-21(18,19)9-3-4-12(16)10(14)7-9/h2-7,17H,16H2,1H3. The number of nitrogens with two attached hydrogens (primary N) is 1. The van der Waals surface area contributed by atoms with Crippen molar-refractivity contribution in [3.63, 3.8) is 0 Å². The van der Waals surface area contributed by atoms with Crippen molar-refractivity contribution in [3.05, 3.63) is 47.2 Å².